The van der Waals surface area contributed by atoms with E-state index in [2.05, 4.69) is 10.3 Å². The van der Waals surface area contributed by atoms with Crippen LogP contribution >= 0.6 is 11.6 Å². The van der Waals surface area contributed by atoms with Crippen molar-refractivity contribution < 1.29 is 14.4 Å². The lowest BCUT2D eigenvalue weighted by Crippen LogP contribution is -2.30. The van der Waals surface area contributed by atoms with Crippen molar-refractivity contribution in [1.29, 1.82) is 0 Å². The second kappa shape index (κ2) is 8.60. The smallest absolute Gasteiger partial charge is 0.305 e. The van der Waals surface area contributed by atoms with Gasteiger partial charge >= 0.3 is 5.97 Å². The first-order chi connectivity index (χ1) is 10.7. The molecule has 0 spiro atoms. The van der Waals surface area contributed by atoms with Crippen LogP contribution in [0.15, 0.2) is 29.3 Å². The SMILES string of the molecule is CCOC(=O)CCCON1CCN/C1=N\c1ccccc1Cl. The summed E-state index contributed by atoms with van der Waals surface area (Å²) in [6, 6.07) is 7.37. The van der Waals surface area contributed by atoms with Gasteiger partial charge < -0.3 is 10.1 Å². The molecule has 1 heterocycles. The minimum Gasteiger partial charge on any atom is -0.466 e. The van der Waals surface area contributed by atoms with Gasteiger partial charge in [-0.2, -0.15) is 0 Å². The third kappa shape index (κ3) is 4.89. The van der Waals surface area contributed by atoms with Gasteiger partial charge in [0.1, 0.15) is 0 Å². The second-order valence-corrected chi connectivity index (χ2v) is 5.06. The molecule has 22 heavy (non-hydrogen) atoms. The normalized spacial score (nSPS) is 15.9. The third-order valence-electron chi connectivity index (χ3n) is 2.99. The molecule has 0 aliphatic carbocycles. The van der Waals surface area contributed by atoms with E-state index in [1.165, 1.54) is 0 Å². The van der Waals surface area contributed by atoms with Crippen molar-refractivity contribution in [3.63, 3.8) is 0 Å². The number of nitrogens with one attached hydrogen (secondary N) is 1. The van der Waals surface area contributed by atoms with E-state index in [9.17, 15) is 4.79 Å². The maximum absolute atomic E-state index is 11.2. The van der Waals surface area contributed by atoms with Gasteiger partial charge in [0.05, 0.1) is 30.5 Å². The molecule has 1 aromatic rings. The first-order valence-electron chi connectivity index (χ1n) is 7.34. The minimum atomic E-state index is -0.199. The lowest BCUT2D eigenvalue weighted by molar-refractivity contribution is -0.144. The van der Waals surface area contributed by atoms with Gasteiger partial charge in [0.25, 0.3) is 0 Å². The third-order valence-corrected chi connectivity index (χ3v) is 3.31. The standard InChI is InChI=1S/C15H20ClN3O3/c1-2-21-14(20)8-5-11-22-19-10-9-17-15(19)18-13-7-4-3-6-12(13)16/h3-4,6-7H,2,5,8-11H2,1H3,(H,17,18). The molecule has 0 saturated carbocycles. The van der Waals surface area contributed by atoms with E-state index in [1.54, 1.807) is 18.1 Å². The Kier molecular flexibility index (Phi) is 6.48. The van der Waals surface area contributed by atoms with Crippen molar-refractivity contribution in [2.45, 2.75) is 19.8 Å². The van der Waals surface area contributed by atoms with Crippen LogP contribution < -0.4 is 5.32 Å². The number of benzene rings is 1. The summed E-state index contributed by atoms with van der Waals surface area (Å²) < 4.78 is 4.87. The highest BCUT2D eigenvalue weighted by Gasteiger charge is 2.19. The van der Waals surface area contributed by atoms with Gasteiger partial charge in [-0.05, 0) is 25.5 Å². The molecule has 2 rings (SSSR count). The number of nitrogens with zero attached hydrogens (tertiary/aromatic N) is 2. The first-order valence-corrected chi connectivity index (χ1v) is 7.71. The van der Waals surface area contributed by atoms with Gasteiger partial charge in [0.2, 0.25) is 5.96 Å². The summed E-state index contributed by atoms with van der Waals surface area (Å²) in [4.78, 5) is 21.4. The molecule has 0 atom stereocenters. The molecule has 1 N–H and O–H groups in total. The zero-order chi connectivity index (χ0) is 15.8. The van der Waals surface area contributed by atoms with E-state index in [0.717, 1.165) is 6.54 Å². The molecule has 0 aromatic heterocycles. The molecule has 0 unspecified atom stereocenters. The highest BCUT2D eigenvalue weighted by molar-refractivity contribution is 6.33. The van der Waals surface area contributed by atoms with E-state index in [1.807, 2.05) is 18.2 Å². The number of esters is 1. The Morgan fingerprint density at radius 1 is 1.45 bits per heavy atom. The number of aliphatic imine (C=N–C) groups is 1. The summed E-state index contributed by atoms with van der Waals surface area (Å²) in [7, 11) is 0. The van der Waals surface area contributed by atoms with Gasteiger partial charge in [0, 0.05) is 13.0 Å². The van der Waals surface area contributed by atoms with Gasteiger partial charge in [-0.15, -0.1) is 0 Å². The summed E-state index contributed by atoms with van der Waals surface area (Å²) in [5.41, 5.74) is 0.689. The number of ether oxygens (including phenoxy) is 1. The quantitative estimate of drug-likeness (QED) is 0.616. The number of hydroxylamine groups is 2. The van der Waals surface area contributed by atoms with Crippen molar-refractivity contribution in [1.82, 2.24) is 10.4 Å². The Balaban J connectivity index is 1.83. The van der Waals surface area contributed by atoms with E-state index in [4.69, 9.17) is 21.2 Å². The molecule has 0 bridgehead atoms. The number of rotatable bonds is 7. The van der Waals surface area contributed by atoms with Crippen LogP contribution in [-0.2, 0) is 14.4 Å². The summed E-state index contributed by atoms with van der Waals surface area (Å²) >= 11 is 6.10. The van der Waals surface area contributed by atoms with E-state index >= 15 is 0 Å². The Morgan fingerprint density at radius 3 is 3.05 bits per heavy atom. The Bertz CT molecular complexity index is 537. The molecule has 1 saturated heterocycles. The van der Waals surface area contributed by atoms with E-state index in [-0.39, 0.29) is 5.97 Å². The van der Waals surface area contributed by atoms with E-state index < -0.39 is 0 Å². The van der Waals surface area contributed by atoms with Gasteiger partial charge in [-0.1, -0.05) is 23.7 Å². The summed E-state index contributed by atoms with van der Waals surface area (Å²) in [6.07, 6.45) is 0.959. The number of guanidine groups is 1. The van der Waals surface area contributed by atoms with Crippen molar-refractivity contribution in [2.24, 2.45) is 4.99 Å². The highest BCUT2D eigenvalue weighted by Crippen LogP contribution is 2.24. The fourth-order valence-corrected chi connectivity index (χ4v) is 2.14. The number of para-hydroxylation sites is 1. The lowest BCUT2D eigenvalue weighted by Gasteiger charge is -2.17. The van der Waals surface area contributed by atoms with Crippen LogP contribution in [0.25, 0.3) is 0 Å². The summed E-state index contributed by atoms with van der Waals surface area (Å²) in [5, 5.41) is 5.43. The van der Waals surface area contributed by atoms with Crippen LogP contribution in [0.3, 0.4) is 0 Å². The number of halogens is 1. The minimum absolute atomic E-state index is 0.199. The van der Waals surface area contributed by atoms with Gasteiger partial charge in [0.15, 0.2) is 0 Å². The number of hydrogen-bond acceptors (Lipinski definition) is 4. The van der Waals surface area contributed by atoms with Crippen LogP contribution in [0, 0.1) is 0 Å². The Labute approximate surface area is 135 Å². The van der Waals surface area contributed by atoms with Gasteiger partial charge in [-0.3, -0.25) is 9.63 Å². The van der Waals surface area contributed by atoms with Crippen molar-refractivity contribution in [3.05, 3.63) is 29.3 Å². The maximum Gasteiger partial charge on any atom is 0.305 e. The van der Waals surface area contributed by atoms with E-state index in [0.29, 0.717) is 49.3 Å². The number of carbonyl (C=O) groups excluding carboxylic acids is 1. The van der Waals surface area contributed by atoms with Crippen LogP contribution in [0.2, 0.25) is 5.02 Å². The molecule has 120 valence electrons. The monoisotopic (exact) mass is 325 g/mol. The van der Waals surface area contributed by atoms with Crippen LogP contribution in [0.4, 0.5) is 5.69 Å². The number of carbonyl (C=O) groups is 1. The van der Waals surface area contributed by atoms with Crippen molar-refractivity contribution in [3.8, 4) is 0 Å². The molecule has 0 radical (unpaired) electrons. The molecule has 7 heteroatoms. The van der Waals surface area contributed by atoms with Crippen molar-refractivity contribution >= 4 is 29.2 Å². The zero-order valence-electron chi connectivity index (χ0n) is 12.5. The summed E-state index contributed by atoms with van der Waals surface area (Å²) in [6.45, 7) is 4.08. The molecule has 1 aliphatic heterocycles. The van der Waals surface area contributed by atoms with Gasteiger partial charge in [-0.25, -0.2) is 10.1 Å². The average molecular weight is 326 g/mol. The van der Waals surface area contributed by atoms with Crippen molar-refractivity contribution in [2.75, 3.05) is 26.3 Å². The summed E-state index contributed by atoms with van der Waals surface area (Å²) in [5.74, 6) is 0.430. The highest BCUT2D eigenvalue weighted by atomic mass is 35.5. The number of hydrogen-bond donors (Lipinski definition) is 1. The molecular weight excluding hydrogens is 306 g/mol. The first kappa shape index (κ1) is 16.6. The fourth-order valence-electron chi connectivity index (χ4n) is 1.97. The van der Waals surface area contributed by atoms with Crippen LogP contribution in [0.1, 0.15) is 19.8 Å². The van der Waals surface area contributed by atoms with Crippen LogP contribution in [0.5, 0.6) is 0 Å². The molecule has 6 nitrogen and oxygen atoms in total. The fraction of sp³-hybridized carbons (Fsp3) is 0.467. The molecule has 1 aromatic carbocycles. The predicted octanol–water partition coefficient (Wildman–Crippen LogP) is 2.51. The zero-order valence-corrected chi connectivity index (χ0v) is 13.3. The largest absolute Gasteiger partial charge is 0.466 e. The topological polar surface area (TPSA) is 63.2 Å². The average Bonchev–Trinajstić information content (AvgIpc) is 2.94. The second-order valence-electron chi connectivity index (χ2n) is 4.66. The molecule has 1 fully saturated rings. The Morgan fingerprint density at radius 2 is 2.27 bits per heavy atom. The molecule has 1 aliphatic rings. The maximum atomic E-state index is 11.2. The lowest BCUT2D eigenvalue weighted by atomic mass is 10.3. The molecular formula is C15H20ClN3O3. The predicted molar refractivity (Wildman–Crippen MR) is 85.1 cm³/mol. The molecule has 0 amide bonds. The Hall–Kier alpha value is -1.79. The van der Waals surface area contributed by atoms with Crippen LogP contribution in [-0.4, -0.2) is 43.3 Å².